The van der Waals surface area contributed by atoms with E-state index in [1.807, 2.05) is 0 Å². The van der Waals surface area contributed by atoms with Gasteiger partial charge in [-0.05, 0) is 50.7 Å². The van der Waals surface area contributed by atoms with Gasteiger partial charge in [0.2, 0.25) is 0 Å². The summed E-state index contributed by atoms with van der Waals surface area (Å²) in [6.07, 6.45) is 5.22. The smallest absolute Gasteiger partial charge is 0.128 e. The van der Waals surface area contributed by atoms with E-state index >= 15 is 0 Å². The molecule has 0 aromatic heterocycles. The summed E-state index contributed by atoms with van der Waals surface area (Å²) >= 11 is 0. The Balaban J connectivity index is 2.19. The average molecular weight is 266 g/mol. The first-order valence-corrected chi connectivity index (χ1v) is 7.26. The van der Waals surface area contributed by atoms with Crippen LogP contribution in [0.3, 0.4) is 0 Å². The Kier molecular flexibility index (Phi) is 4.81. The van der Waals surface area contributed by atoms with Gasteiger partial charge in [0.1, 0.15) is 17.7 Å². The molecule has 1 fully saturated rings. The predicted octanol–water partition coefficient (Wildman–Crippen LogP) is 4.23. The summed E-state index contributed by atoms with van der Waals surface area (Å²) < 4.78 is 19.4. The fraction of sp³-hybridized carbons (Fsp3) is 0.625. The molecule has 1 saturated carbocycles. The van der Waals surface area contributed by atoms with Crippen molar-refractivity contribution in [3.05, 3.63) is 29.6 Å². The Morgan fingerprint density at radius 3 is 2.79 bits per heavy atom. The number of benzene rings is 1. The van der Waals surface area contributed by atoms with Crippen LogP contribution in [0.2, 0.25) is 0 Å². The minimum atomic E-state index is -0.640. The third-order valence-corrected chi connectivity index (χ3v) is 4.07. The molecule has 1 aromatic rings. The van der Waals surface area contributed by atoms with Crippen molar-refractivity contribution in [2.24, 2.45) is 5.92 Å². The monoisotopic (exact) mass is 266 g/mol. The van der Waals surface area contributed by atoms with Crippen LogP contribution in [0, 0.1) is 11.7 Å². The van der Waals surface area contributed by atoms with Crippen molar-refractivity contribution in [3.63, 3.8) is 0 Å². The Hall–Kier alpha value is -1.09. The molecule has 1 aliphatic carbocycles. The summed E-state index contributed by atoms with van der Waals surface area (Å²) in [6.45, 7) is 3.85. The van der Waals surface area contributed by atoms with Gasteiger partial charge in [0.05, 0.1) is 6.10 Å². The number of aliphatic hydroxyl groups is 1. The lowest BCUT2D eigenvalue weighted by atomic mass is 9.84. The topological polar surface area (TPSA) is 29.5 Å². The predicted molar refractivity (Wildman–Crippen MR) is 73.7 cm³/mol. The van der Waals surface area contributed by atoms with Crippen LogP contribution < -0.4 is 4.74 Å². The summed E-state index contributed by atoms with van der Waals surface area (Å²) in [4.78, 5) is 0. The summed E-state index contributed by atoms with van der Waals surface area (Å²) in [5.41, 5.74) is 0.668. The number of ether oxygens (including phenoxy) is 1. The fourth-order valence-corrected chi connectivity index (χ4v) is 2.91. The van der Waals surface area contributed by atoms with E-state index in [0.717, 1.165) is 12.8 Å². The van der Waals surface area contributed by atoms with Crippen molar-refractivity contribution < 1.29 is 14.2 Å². The summed E-state index contributed by atoms with van der Waals surface area (Å²) in [7, 11) is 0. The molecule has 1 N–H and O–H groups in total. The van der Waals surface area contributed by atoms with Crippen molar-refractivity contribution in [1.82, 2.24) is 0 Å². The van der Waals surface area contributed by atoms with E-state index in [2.05, 4.69) is 6.92 Å². The van der Waals surface area contributed by atoms with Crippen LogP contribution in [-0.4, -0.2) is 11.2 Å². The molecule has 0 heterocycles. The zero-order valence-corrected chi connectivity index (χ0v) is 11.7. The van der Waals surface area contributed by atoms with E-state index in [1.165, 1.54) is 31.4 Å². The van der Waals surface area contributed by atoms with Gasteiger partial charge < -0.3 is 9.84 Å². The SMILES string of the molecule is CCC1CCCCC1Oc1cc(F)ccc1[C@H](C)O. The van der Waals surface area contributed by atoms with Crippen molar-refractivity contribution in [1.29, 1.82) is 0 Å². The molecule has 1 aliphatic rings. The van der Waals surface area contributed by atoms with Gasteiger partial charge in [-0.2, -0.15) is 0 Å². The van der Waals surface area contributed by atoms with Gasteiger partial charge in [-0.15, -0.1) is 0 Å². The van der Waals surface area contributed by atoms with E-state index < -0.39 is 6.10 Å². The maximum atomic E-state index is 13.4. The van der Waals surface area contributed by atoms with E-state index in [4.69, 9.17) is 4.74 Å². The van der Waals surface area contributed by atoms with Gasteiger partial charge in [-0.3, -0.25) is 0 Å². The lowest BCUT2D eigenvalue weighted by molar-refractivity contribution is 0.0851. The highest BCUT2D eigenvalue weighted by Gasteiger charge is 2.26. The highest BCUT2D eigenvalue weighted by molar-refractivity contribution is 5.35. The molecule has 19 heavy (non-hydrogen) atoms. The van der Waals surface area contributed by atoms with Gasteiger partial charge in [0.25, 0.3) is 0 Å². The molecule has 0 bridgehead atoms. The largest absolute Gasteiger partial charge is 0.490 e. The maximum Gasteiger partial charge on any atom is 0.128 e. The molecule has 3 atom stereocenters. The van der Waals surface area contributed by atoms with Crippen molar-refractivity contribution in [2.45, 2.75) is 58.2 Å². The second kappa shape index (κ2) is 6.38. The van der Waals surface area contributed by atoms with Crippen LogP contribution in [0.1, 0.15) is 57.6 Å². The van der Waals surface area contributed by atoms with Crippen LogP contribution >= 0.6 is 0 Å². The van der Waals surface area contributed by atoms with Crippen LogP contribution in [0.25, 0.3) is 0 Å². The third kappa shape index (κ3) is 3.47. The molecule has 0 amide bonds. The van der Waals surface area contributed by atoms with Gasteiger partial charge in [-0.1, -0.05) is 13.3 Å². The third-order valence-electron chi connectivity index (χ3n) is 4.07. The highest BCUT2D eigenvalue weighted by atomic mass is 19.1. The molecule has 2 nitrogen and oxygen atoms in total. The molecule has 2 unspecified atom stereocenters. The summed E-state index contributed by atoms with van der Waals surface area (Å²) in [5.74, 6) is 0.725. The van der Waals surface area contributed by atoms with Crippen molar-refractivity contribution in [2.75, 3.05) is 0 Å². The van der Waals surface area contributed by atoms with Crippen LogP contribution in [0.4, 0.5) is 4.39 Å². The van der Waals surface area contributed by atoms with Gasteiger partial charge >= 0.3 is 0 Å². The second-order valence-electron chi connectivity index (χ2n) is 5.47. The van der Waals surface area contributed by atoms with Gasteiger partial charge in [0.15, 0.2) is 0 Å². The lowest BCUT2D eigenvalue weighted by Crippen LogP contribution is -2.30. The molecule has 3 heteroatoms. The van der Waals surface area contributed by atoms with E-state index in [9.17, 15) is 9.50 Å². The van der Waals surface area contributed by atoms with E-state index in [1.54, 1.807) is 13.0 Å². The first kappa shape index (κ1) is 14.3. The molecule has 0 saturated heterocycles. The molecule has 1 aromatic carbocycles. The van der Waals surface area contributed by atoms with E-state index in [0.29, 0.717) is 17.2 Å². The summed E-state index contributed by atoms with van der Waals surface area (Å²) in [6, 6.07) is 4.37. The normalized spacial score (nSPS) is 25.1. The maximum absolute atomic E-state index is 13.4. The number of hydrogen-bond donors (Lipinski definition) is 1. The zero-order chi connectivity index (χ0) is 13.8. The Morgan fingerprint density at radius 2 is 2.11 bits per heavy atom. The van der Waals surface area contributed by atoms with E-state index in [-0.39, 0.29) is 11.9 Å². The molecular weight excluding hydrogens is 243 g/mol. The minimum absolute atomic E-state index is 0.151. The number of hydrogen-bond acceptors (Lipinski definition) is 2. The molecule has 0 spiro atoms. The van der Waals surface area contributed by atoms with Crippen LogP contribution in [0.15, 0.2) is 18.2 Å². The zero-order valence-electron chi connectivity index (χ0n) is 11.7. The number of aliphatic hydroxyl groups excluding tert-OH is 1. The first-order valence-electron chi connectivity index (χ1n) is 7.26. The Morgan fingerprint density at radius 1 is 1.37 bits per heavy atom. The quantitative estimate of drug-likeness (QED) is 0.883. The fourth-order valence-electron chi connectivity index (χ4n) is 2.91. The van der Waals surface area contributed by atoms with Crippen molar-refractivity contribution >= 4 is 0 Å². The first-order chi connectivity index (χ1) is 9.11. The summed E-state index contributed by atoms with van der Waals surface area (Å²) in [5, 5.41) is 9.75. The number of rotatable bonds is 4. The molecule has 106 valence electrons. The second-order valence-corrected chi connectivity index (χ2v) is 5.47. The molecular formula is C16H23FO2. The Bertz CT molecular complexity index is 417. The number of halogens is 1. The molecule has 0 radical (unpaired) electrons. The lowest BCUT2D eigenvalue weighted by Gasteiger charge is -2.32. The minimum Gasteiger partial charge on any atom is -0.490 e. The van der Waals surface area contributed by atoms with Gasteiger partial charge in [0, 0.05) is 11.6 Å². The molecule has 0 aliphatic heterocycles. The standard InChI is InChI=1S/C16H23FO2/c1-3-12-6-4-5-7-15(12)19-16-10-13(17)8-9-14(16)11(2)18/h8-12,15,18H,3-7H2,1-2H3/t11-,12?,15?/m0/s1. The molecule has 2 rings (SSSR count). The van der Waals surface area contributed by atoms with Crippen LogP contribution in [-0.2, 0) is 0 Å². The van der Waals surface area contributed by atoms with Crippen molar-refractivity contribution in [3.8, 4) is 5.75 Å². The van der Waals surface area contributed by atoms with Crippen LogP contribution in [0.5, 0.6) is 5.75 Å². The average Bonchev–Trinajstić information content (AvgIpc) is 2.39. The Labute approximate surface area is 114 Å². The van der Waals surface area contributed by atoms with Gasteiger partial charge in [-0.25, -0.2) is 4.39 Å². The highest BCUT2D eigenvalue weighted by Crippen LogP contribution is 2.33.